The van der Waals surface area contributed by atoms with Gasteiger partial charge in [0.05, 0.1) is 18.5 Å². The SMILES string of the molecule is COc1ccc(Cl)cc1Nc1cc(C(=O)Nc2ccccc2F)ccn1. The topological polar surface area (TPSA) is 63.2 Å². The van der Waals surface area contributed by atoms with E-state index in [1.165, 1.54) is 24.4 Å². The van der Waals surface area contributed by atoms with E-state index in [9.17, 15) is 9.18 Å². The molecule has 26 heavy (non-hydrogen) atoms. The summed E-state index contributed by atoms with van der Waals surface area (Å²) >= 11 is 6.01. The molecule has 0 radical (unpaired) electrons. The Hall–Kier alpha value is -3.12. The Bertz CT molecular complexity index is 950. The molecule has 0 aliphatic rings. The Labute approximate surface area is 154 Å². The lowest BCUT2D eigenvalue weighted by molar-refractivity contribution is 0.102. The molecule has 2 aromatic carbocycles. The average molecular weight is 372 g/mol. The zero-order valence-corrected chi connectivity index (χ0v) is 14.5. The quantitative estimate of drug-likeness (QED) is 0.671. The Morgan fingerprint density at radius 1 is 1.12 bits per heavy atom. The van der Waals surface area contributed by atoms with Crippen molar-refractivity contribution in [2.45, 2.75) is 0 Å². The van der Waals surface area contributed by atoms with Crippen LogP contribution in [0.1, 0.15) is 10.4 Å². The molecule has 0 unspecified atom stereocenters. The van der Waals surface area contributed by atoms with Gasteiger partial charge in [0.15, 0.2) is 0 Å². The third-order valence-electron chi connectivity index (χ3n) is 3.57. The largest absolute Gasteiger partial charge is 0.495 e. The number of nitrogens with one attached hydrogen (secondary N) is 2. The van der Waals surface area contributed by atoms with Gasteiger partial charge in [-0.1, -0.05) is 23.7 Å². The minimum absolute atomic E-state index is 0.111. The Morgan fingerprint density at radius 2 is 1.92 bits per heavy atom. The van der Waals surface area contributed by atoms with Gasteiger partial charge in [-0.25, -0.2) is 9.37 Å². The number of nitrogens with zero attached hydrogens (tertiary/aromatic N) is 1. The van der Waals surface area contributed by atoms with E-state index in [4.69, 9.17) is 16.3 Å². The summed E-state index contributed by atoms with van der Waals surface area (Å²) in [6.45, 7) is 0. The molecule has 0 bridgehead atoms. The first kappa shape index (κ1) is 17.7. The van der Waals surface area contributed by atoms with Crippen LogP contribution in [0.5, 0.6) is 5.75 Å². The molecular formula is C19H15ClFN3O2. The van der Waals surface area contributed by atoms with Gasteiger partial charge in [-0.05, 0) is 42.5 Å². The molecule has 0 spiro atoms. The van der Waals surface area contributed by atoms with Crippen LogP contribution in [0.2, 0.25) is 5.02 Å². The number of carbonyl (C=O) groups excluding carboxylic acids is 1. The second-order valence-corrected chi connectivity index (χ2v) is 5.77. The van der Waals surface area contributed by atoms with Gasteiger partial charge in [0, 0.05) is 16.8 Å². The first-order valence-electron chi connectivity index (χ1n) is 7.69. The number of anilines is 3. The second kappa shape index (κ2) is 7.84. The van der Waals surface area contributed by atoms with Gasteiger partial charge >= 0.3 is 0 Å². The third-order valence-corrected chi connectivity index (χ3v) is 3.80. The first-order chi connectivity index (χ1) is 12.6. The predicted molar refractivity (Wildman–Crippen MR) is 99.9 cm³/mol. The van der Waals surface area contributed by atoms with Crippen molar-refractivity contribution in [2.24, 2.45) is 0 Å². The highest BCUT2D eigenvalue weighted by Gasteiger charge is 2.11. The molecule has 0 atom stereocenters. The predicted octanol–water partition coefficient (Wildman–Crippen LogP) is 4.88. The molecule has 1 heterocycles. The van der Waals surface area contributed by atoms with Crippen molar-refractivity contribution in [3.8, 4) is 5.75 Å². The summed E-state index contributed by atoms with van der Waals surface area (Å²) in [6.07, 6.45) is 1.48. The maximum atomic E-state index is 13.7. The van der Waals surface area contributed by atoms with E-state index in [1.807, 2.05) is 0 Å². The number of carbonyl (C=O) groups is 1. The van der Waals surface area contributed by atoms with E-state index in [0.717, 1.165) is 0 Å². The molecule has 132 valence electrons. The number of pyridine rings is 1. The third kappa shape index (κ3) is 4.10. The van der Waals surface area contributed by atoms with Crippen LogP contribution in [0.3, 0.4) is 0 Å². The van der Waals surface area contributed by atoms with Gasteiger partial charge < -0.3 is 15.4 Å². The van der Waals surface area contributed by atoms with Crippen molar-refractivity contribution < 1.29 is 13.9 Å². The standard InChI is InChI=1S/C19H15ClFN3O2/c1-26-17-7-6-13(20)11-16(17)23-18-10-12(8-9-22-18)19(25)24-15-5-3-2-4-14(15)21/h2-11H,1H3,(H,22,23)(H,24,25). The number of benzene rings is 2. The molecule has 3 aromatic rings. The van der Waals surface area contributed by atoms with Crippen LogP contribution in [0, 0.1) is 5.82 Å². The lowest BCUT2D eigenvalue weighted by Gasteiger charge is -2.12. The van der Waals surface area contributed by atoms with Crippen molar-refractivity contribution in [3.05, 3.63) is 77.2 Å². The van der Waals surface area contributed by atoms with Gasteiger partial charge in [-0.2, -0.15) is 0 Å². The number of methoxy groups -OCH3 is 1. The summed E-state index contributed by atoms with van der Waals surface area (Å²) in [4.78, 5) is 16.6. The highest BCUT2D eigenvalue weighted by Crippen LogP contribution is 2.30. The van der Waals surface area contributed by atoms with Gasteiger partial charge in [-0.15, -0.1) is 0 Å². The average Bonchev–Trinajstić information content (AvgIpc) is 2.64. The summed E-state index contributed by atoms with van der Waals surface area (Å²) < 4.78 is 19.0. The summed E-state index contributed by atoms with van der Waals surface area (Å²) in [5, 5.41) is 6.12. The van der Waals surface area contributed by atoms with Crippen LogP contribution < -0.4 is 15.4 Å². The number of rotatable bonds is 5. The molecule has 0 saturated carbocycles. The van der Waals surface area contributed by atoms with E-state index in [0.29, 0.717) is 27.8 Å². The summed E-state index contributed by atoms with van der Waals surface area (Å²) in [7, 11) is 1.54. The number of hydrogen-bond donors (Lipinski definition) is 2. The molecule has 0 aliphatic carbocycles. The molecule has 2 N–H and O–H groups in total. The number of hydrogen-bond acceptors (Lipinski definition) is 4. The van der Waals surface area contributed by atoms with Crippen LogP contribution in [0.4, 0.5) is 21.6 Å². The van der Waals surface area contributed by atoms with Crippen molar-refractivity contribution >= 4 is 34.7 Å². The van der Waals surface area contributed by atoms with Gasteiger partial charge in [0.2, 0.25) is 0 Å². The number of para-hydroxylation sites is 1. The number of ether oxygens (including phenoxy) is 1. The van der Waals surface area contributed by atoms with Crippen molar-refractivity contribution in [3.63, 3.8) is 0 Å². The monoisotopic (exact) mass is 371 g/mol. The fourth-order valence-corrected chi connectivity index (χ4v) is 2.49. The van der Waals surface area contributed by atoms with Gasteiger partial charge in [-0.3, -0.25) is 4.79 Å². The van der Waals surface area contributed by atoms with Crippen LogP contribution in [-0.2, 0) is 0 Å². The molecule has 1 aromatic heterocycles. The lowest BCUT2D eigenvalue weighted by atomic mass is 10.2. The Morgan fingerprint density at radius 3 is 2.69 bits per heavy atom. The Kier molecular flexibility index (Phi) is 5.34. The second-order valence-electron chi connectivity index (χ2n) is 5.33. The van der Waals surface area contributed by atoms with E-state index >= 15 is 0 Å². The zero-order chi connectivity index (χ0) is 18.5. The maximum Gasteiger partial charge on any atom is 0.255 e. The molecule has 0 fully saturated rings. The molecule has 3 rings (SSSR count). The van der Waals surface area contributed by atoms with Crippen molar-refractivity contribution in [1.82, 2.24) is 4.98 Å². The minimum atomic E-state index is -0.503. The normalized spacial score (nSPS) is 10.3. The minimum Gasteiger partial charge on any atom is -0.495 e. The molecule has 7 heteroatoms. The number of halogens is 2. The van der Waals surface area contributed by atoms with E-state index in [1.54, 1.807) is 43.5 Å². The Balaban J connectivity index is 1.81. The number of aromatic nitrogens is 1. The van der Waals surface area contributed by atoms with Crippen LogP contribution in [0.25, 0.3) is 0 Å². The van der Waals surface area contributed by atoms with Crippen LogP contribution >= 0.6 is 11.6 Å². The first-order valence-corrected chi connectivity index (χ1v) is 8.07. The summed E-state index contributed by atoms with van der Waals surface area (Å²) in [6, 6.07) is 14.2. The fraction of sp³-hybridized carbons (Fsp3) is 0.0526. The van der Waals surface area contributed by atoms with E-state index in [2.05, 4.69) is 15.6 Å². The van der Waals surface area contributed by atoms with Crippen LogP contribution in [0.15, 0.2) is 60.8 Å². The van der Waals surface area contributed by atoms with Crippen molar-refractivity contribution in [2.75, 3.05) is 17.7 Å². The lowest BCUT2D eigenvalue weighted by Crippen LogP contribution is -2.13. The zero-order valence-electron chi connectivity index (χ0n) is 13.8. The smallest absolute Gasteiger partial charge is 0.255 e. The van der Waals surface area contributed by atoms with Gasteiger partial charge in [0.25, 0.3) is 5.91 Å². The highest BCUT2D eigenvalue weighted by molar-refractivity contribution is 6.31. The highest BCUT2D eigenvalue weighted by atomic mass is 35.5. The molecular weight excluding hydrogens is 357 g/mol. The van der Waals surface area contributed by atoms with Crippen LogP contribution in [-0.4, -0.2) is 18.0 Å². The van der Waals surface area contributed by atoms with E-state index < -0.39 is 11.7 Å². The fourth-order valence-electron chi connectivity index (χ4n) is 2.31. The van der Waals surface area contributed by atoms with Crippen molar-refractivity contribution in [1.29, 1.82) is 0 Å². The molecule has 5 nitrogen and oxygen atoms in total. The van der Waals surface area contributed by atoms with Gasteiger partial charge in [0.1, 0.15) is 17.4 Å². The summed E-state index contributed by atoms with van der Waals surface area (Å²) in [5.41, 5.74) is 1.05. The number of amides is 1. The molecule has 0 saturated heterocycles. The molecule has 1 amide bonds. The summed E-state index contributed by atoms with van der Waals surface area (Å²) in [5.74, 6) is 0.0553. The maximum absolute atomic E-state index is 13.7. The van der Waals surface area contributed by atoms with E-state index in [-0.39, 0.29) is 5.69 Å². The molecule has 0 aliphatic heterocycles.